The first kappa shape index (κ1) is 12.3. The van der Waals surface area contributed by atoms with E-state index in [-0.39, 0.29) is 5.82 Å². The molecular formula is C13H15FN4. The molecule has 4 nitrogen and oxygen atoms in total. The highest BCUT2D eigenvalue weighted by atomic mass is 19.1. The average Bonchev–Trinajstić information content (AvgIpc) is 2.39. The van der Waals surface area contributed by atoms with Gasteiger partial charge < -0.3 is 10.2 Å². The number of benzene rings is 1. The van der Waals surface area contributed by atoms with E-state index in [9.17, 15) is 4.39 Å². The lowest BCUT2D eigenvalue weighted by atomic mass is 10.2. The van der Waals surface area contributed by atoms with Gasteiger partial charge in [-0.1, -0.05) is 17.7 Å². The van der Waals surface area contributed by atoms with Crippen molar-refractivity contribution in [2.45, 2.75) is 6.92 Å². The van der Waals surface area contributed by atoms with Crippen molar-refractivity contribution >= 4 is 17.5 Å². The molecule has 1 aromatic heterocycles. The Hall–Kier alpha value is -2.17. The van der Waals surface area contributed by atoms with Crippen molar-refractivity contribution < 1.29 is 4.39 Å². The minimum absolute atomic E-state index is 0.248. The maximum atomic E-state index is 13.7. The van der Waals surface area contributed by atoms with Crippen LogP contribution < -0.4 is 10.2 Å². The summed E-state index contributed by atoms with van der Waals surface area (Å²) < 4.78 is 13.7. The van der Waals surface area contributed by atoms with Gasteiger partial charge in [-0.3, -0.25) is 0 Å². The Balaban J connectivity index is 2.38. The molecule has 18 heavy (non-hydrogen) atoms. The van der Waals surface area contributed by atoms with Gasteiger partial charge in [0.15, 0.2) is 11.6 Å². The van der Waals surface area contributed by atoms with Crippen LogP contribution in [0.25, 0.3) is 0 Å². The second kappa shape index (κ2) is 5.00. The lowest BCUT2D eigenvalue weighted by Gasteiger charge is -2.19. The van der Waals surface area contributed by atoms with Gasteiger partial charge in [-0.15, -0.1) is 0 Å². The van der Waals surface area contributed by atoms with Crippen LogP contribution in [0, 0.1) is 12.7 Å². The molecule has 0 bridgehead atoms. The quantitative estimate of drug-likeness (QED) is 0.904. The normalized spacial score (nSPS) is 10.2. The van der Waals surface area contributed by atoms with Gasteiger partial charge in [0.2, 0.25) is 5.95 Å². The Morgan fingerprint density at radius 2 is 1.89 bits per heavy atom. The molecule has 0 aliphatic carbocycles. The number of aromatic nitrogens is 2. The highest BCUT2D eigenvalue weighted by Crippen LogP contribution is 2.24. The van der Waals surface area contributed by atoms with Crippen LogP contribution in [0.3, 0.4) is 0 Å². The lowest BCUT2D eigenvalue weighted by molar-refractivity contribution is 0.614. The van der Waals surface area contributed by atoms with E-state index in [0.29, 0.717) is 5.95 Å². The van der Waals surface area contributed by atoms with Crippen LogP contribution >= 0.6 is 0 Å². The molecule has 2 rings (SSSR count). The predicted octanol–water partition coefficient (Wildman–Crippen LogP) is 2.73. The van der Waals surface area contributed by atoms with E-state index >= 15 is 0 Å². The summed E-state index contributed by atoms with van der Waals surface area (Å²) in [6.45, 7) is 2.01. The van der Waals surface area contributed by atoms with Crippen molar-refractivity contribution in [3.05, 3.63) is 41.8 Å². The van der Waals surface area contributed by atoms with Gasteiger partial charge in [0, 0.05) is 19.8 Å². The third-order valence-electron chi connectivity index (χ3n) is 2.69. The van der Waals surface area contributed by atoms with E-state index in [1.807, 2.05) is 31.2 Å². The van der Waals surface area contributed by atoms with Crippen LogP contribution in [0.1, 0.15) is 5.56 Å². The van der Waals surface area contributed by atoms with Gasteiger partial charge in [-0.05, 0) is 19.1 Å². The molecule has 0 saturated heterocycles. The Morgan fingerprint density at radius 1 is 1.22 bits per heavy atom. The monoisotopic (exact) mass is 246 g/mol. The Morgan fingerprint density at radius 3 is 2.50 bits per heavy atom. The zero-order valence-corrected chi connectivity index (χ0v) is 10.6. The van der Waals surface area contributed by atoms with Crippen LogP contribution in [0.4, 0.5) is 21.8 Å². The topological polar surface area (TPSA) is 41.1 Å². The van der Waals surface area contributed by atoms with E-state index in [1.54, 1.807) is 19.0 Å². The molecule has 2 aromatic rings. The van der Waals surface area contributed by atoms with Crippen LogP contribution in [-0.2, 0) is 0 Å². The number of nitrogens with one attached hydrogen (secondary N) is 1. The summed E-state index contributed by atoms with van der Waals surface area (Å²) in [6.07, 6.45) is 1.17. The van der Waals surface area contributed by atoms with E-state index < -0.39 is 5.82 Å². The van der Waals surface area contributed by atoms with Gasteiger partial charge in [0.25, 0.3) is 0 Å². The van der Waals surface area contributed by atoms with E-state index in [1.165, 1.54) is 6.20 Å². The van der Waals surface area contributed by atoms with E-state index in [0.717, 1.165) is 11.3 Å². The Kier molecular flexibility index (Phi) is 3.41. The van der Waals surface area contributed by atoms with Gasteiger partial charge in [-0.2, -0.15) is 4.98 Å². The summed E-state index contributed by atoms with van der Waals surface area (Å²) in [4.78, 5) is 9.63. The Bertz CT molecular complexity index is 539. The van der Waals surface area contributed by atoms with Gasteiger partial charge in [-0.25, -0.2) is 9.37 Å². The van der Waals surface area contributed by atoms with Crippen molar-refractivity contribution in [2.24, 2.45) is 0 Å². The van der Waals surface area contributed by atoms with E-state index in [2.05, 4.69) is 15.3 Å². The van der Waals surface area contributed by atoms with Gasteiger partial charge >= 0.3 is 0 Å². The molecule has 0 fully saturated rings. The first-order chi connectivity index (χ1) is 8.61. The summed E-state index contributed by atoms with van der Waals surface area (Å²) >= 11 is 0. The lowest BCUT2D eigenvalue weighted by Crippen LogP contribution is -2.14. The minimum atomic E-state index is -0.447. The first-order valence-electron chi connectivity index (χ1n) is 5.62. The van der Waals surface area contributed by atoms with Gasteiger partial charge in [0.05, 0.1) is 6.20 Å². The molecule has 0 unspecified atom stereocenters. The van der Waals surface area contributed by atoms with Gasteiger partial charge in [0.1, 0.15) is 0 Å². The number of anilines is 3. The SMILES string of the molecule is CNc1ncc(F)c(N(C)c2ccc(C)cc2)n1. The predicted molar refractivity (Wildman–Crippen MR) is 70.8 cm³/mol. The Labute approximate surface area is 105 Å². The minimum Gasteiger partial charge on any atom is -0.357 e. The second-order valence-corrected chi connectivity index (χ2v) is 4.01. The molecule has 1 aromatic carbocycles. The summed E-state index contributed by atoms with van der Waals surface area (Å²) in [7, 11) is 3.47. The molecule has 1 N–H and O–H groups in total. The fraction of sp³-hybridized carbons (Fsp3) is 0.231. The first-order valence-corrected chi connectivity index (χ1v) is 5.62. The zero-order chi connectivity index (χ0) is 13.1. The number of aryl methyl sites for hydroxylation is 1. The second-order valence-electron chi connectivity index (χ2n) is 4.01. The van der Waals surface area contributed by atoms with E-state index in [4.69, 9.17) is 0 Å². The van der Waals surface area contributed by atoms with Crippen LogP contribution in [0.5, 0.6) is 0 Å². The zero-order valence-electron chi connectivity index (χ0n) is 10.6. The molecular weight excluding hydrogens is 231 g/mol. The van der Waals surface area contributed by atoms with Crippen molar-refractivity contribution in [1.82, 2.24) is 9.97 Å². The van der Waals surface area contributed by atoms with Crippen molar-refractivity contribution in [3.63, 3.8) is 0 Å². The highest BCUT2D eigenvalue weighted by molar-refractivity contribution is 5.60. The van der Waals surface area contributed by atoms with Crippen LogP contribution in [0.2, 0.25) is 0 Å². The number of rotatable bonds is 3. The molecule has 0 radical (unpaired) electrons. The van der Waals surface area contributed by atoms with Crippen molar-refractivity contribution in [3.8, 4) is 0 Å². The largest absolute Gasteiger partial charge is 0.357 e. The summed E-state index contributed by atoms with van der Waals surface area (Å²) in [5.74, 6) is 0.195. The summed E-state index contributed by atoms with van der Waals surface area (Å²) in [6, 6.07) is 7.81. The highest BCUT2D eigenvalue weighted by Gasteiger charge is 2.12. The average molecular weight is 246 g/mol. The molecule has 0 aliphatic heterocycles. The molecule has 5 heteroatoms. The molecule has 0 aliphatic rings. The number of nitrogens with zero attached hydrogens (tertiary/aromatic N) is 3. The molecule has 0 spiro atoms. The molecule has 1 heterocycles. The fourth-order valence-electron chi connectivity index (χ4n) is 1.60. The smallest absolute Gasteiger partial charge is 0.224 e. The molecule has 0 amide bonds. The summed E-state index contributed by atoms with van der Waals surface area (Å²) in [5, 5.41) is 2.79. The number of hydrogen-bond donors (Lipinski definition) is 1. The van der Waals surface area contributed by atoms with Crippen LogP contribution in [0.15, 0.2) is 30.5 Å². The van der Waals surface area contributed by atoms with Crippen molar-refractivity contribution in [2.75, 3.05) is 24.3 Å². The third-order valence-corrected chi connectivity index (χ3v) is 2.69. The molecule has 0 saturated carbocycles. The molecule has 0 atom stereocenters. The molecule has 94 valence electrons. The van der Waals surface area contributed by atoms with Crippen molar-refractivity contribution in [1.29, 1.82) is 0 Å². The number of hydrogen-bond acceptors (Lipinski definition) is 4. The van der Waals surface area contributed by atoms with Crippen LogP contribution in [-0.4, -0.2) is 24.1 Å². The maximum Gasteiger partial charge on any atom is 0.224 e. The number of halogens is 1. The standard InChI is InChI=1S/C13H15FN4/c1-9-4-6-10(7-5-9)18(3)12-11(14)8-16-13(15-2)17-12/h4-8H,1-3H3,(H,15,16,17). The maximum absolute atomic E-state index is 13.7. The summed E-state index contributed by atoms with van der Waals surface area (Å²) in [5.41, 5.74) is 2.03. The fourth-order valence-corrected chi connectivity index (χ4v) is 1.60. The third kappa shape index (κ3) is 2.40.